The number of anilines is 2. The van der Waals surface area contributed by atoms with E-state index >= 15 is 0 Å². The van der Waals surface area contributed by atoms with Gasteiger partial charge in [-0.15, -0.1) is 5.10 Å². The Morgan fingerprint density at radius 3 is 2.42 bits per heavy atom. The van der Waals surface area contributed by atoms with Crippen molar-refractivity contribution in [2.45, 2.75) is 43.4 Å². The largest absolute Gasteiger partial charge is 0.490 e. The molecule has 0 spiro atoms. The third-order valence-corrected chi connectivity index (χ3v) is 5.71. The number of carbonyl (C=O) groups is 2. The molecule has 36 heavy (non-hydrogen) atoms. The van der Waals surface area contributed by atoms with Crippen LogP contribution in [0.25, 0.3) is 5.52 Å². The predicted octanol–water partition coefficient (Wildman–Crippen LogP) is 4.80. The van der Waals surface area contributed by atoms with Gasteiger partial charge in [-0.1, -0.05) is 23.7 Å². The zero-order chi connectivity index (χ0) is 26.7. The summed E-state index contributed by atoms with van der Waals surface area (Å²) in [7, 11) is 0. The number of nitrogens with zero attached hydrogens (tertiary/aromatic N) is 2. The number of fused-ring (bicyclic) bond motifs is 1. The Morgan fingerprint density at radius 1 is 1.14 bits per heavy atom. The van der Waals surface area contributed by atoms with E-state index in [1.807, 2.05) is 0 Å². The number of hydrogen-bond acceptors (Lipinski definition) is 5. The van der Waals surface area contributed by atoms with Crippen molar-refractivity contribution in [3.8, 4) is 0 Å². The minimum absolute atomic E-state index is 0.206. The standard InChI is InChI=1S/C20H20ClF2N5O.C2HF3O2/c21-13-4-1-2-5-14(13)26-19(29)16-9-7-12-8-10-17(27-28(12)16)25-15-6-3-11-20(22,23)18(15)24;3-2(4,5)1(6)7/h1-2,4-5,7-10,15,18H,3,6,11,24H2,(H,25,27)(H,26,29);(H,6,7)/t15-,18-;/m1./s1. The first-order valence-corrected chi connectivity index (χ1v) is 10.9. The van der Waals surface area contributed by atoms with E-state index in [4.69, 9.17) is 27.2 Å². The summed E-state index contributed by atoms with van der Waals surface area (Å²) in [5.41, 5.74) is 7.22. The van der Waals surface area contributed by atoms with E-state index in [0.717, 1.165) is 0 Å². The molecule has 4 rings (SSSR count). The van der Waals surface area contributed by atoms with Crippen LogP contribution >= 0.6 is 11.6 Å². The number of para-hydroxylation sites is 1. The number of nitrogens with one attached hydrogen (secondary N) is 2. The van der Waals surface area contributed by atoms with Gasteiger partial charge in [-0.05, 0) is 49.2 Å². The SMILES string of the molecule is N[C@@H]1[C@H](Nc2ccc3ccc(C(=O)Nc4ccccc4Cl)n3n2)CCCC1(F)F.O=C(O)C(F)(F)F. The number of rotatable bonds is 4. The molecule has 0 radical (unpaired) electrons. The van der Waals surface area contributed by atoms with Gasteiger partial charge in [-0.25, -0.2) is 18.1 Å². The van der Waals surface area contributed by atoms with Gasteiger partial charge < -0.3 is 21.5 Å². The van der Waals surface area contributed by atoms with Crippen LogP contribution in [-0.2, 0) is 4.79 Å². The molecular formula is C22H21ClF5N5O3. The predicted molar refractivity (Wildman–Crippen MR) is 122 cm³/mol. The Hall–Kier alpha value is -3.45. The van der Waals surface area contributed by atoms with Crippen LogP contribution in [0.3, 0.4) is 0 Å². The summed E-state index contributed by atoms with van der Waals surface area (Å²) in [5, 5.41) is 17.7. The van der Waals surface area contributed by atoms with Gasteiger partial charge in [-0.2, -0.15) is 13.2 Å². The molecule has 0 bridgehead atoms. The van der Waals surface area contributed by atoms with Crippen molar-refractivity contribution in [3.63, 3.8) is 0 Å². The molecule has 5 N–H and O–H groups in total. The maximum Gasteiger partial charge on any atom is 0.490 e. The highest BCUT2D eigenvalue weighted by molar-refractivity contribution is 6.33. The van der Waals surface area contributed by atoms with Crippen LogP contribution in [0.1, 0.15) is 29.8 Å². The van der Waals surface area contributed by atoms with E-state index in [0.29, 0.717) is 40.6 Å². The Balaban J connectivity index is 0.000000454. The number of carbonyl (C=O) groups excluding carboxylic acids is 1. The quantitative estimate of drug-likeness (QED) is 0.357. The number of halogens is 6. The summed E-state index contributed by atoms with van der Waals surface area (Å²) >= 11 is 6.10. The highest BCUT2D eigenvalue weighted by Crippen LogP contribution is 2.33. The van der Waals surface area contributed by atoms with Gasteiger partial charge in [-0.3, -0.25) is 4.79 Å². The fourth-order valence-electron chi connectivity index (χ4n) is 3.54. The molecule has 8 nitrogen and oxygen atoms in total. The van der Waals surface area contributed by atoms with Gasteiger partial charge in [0.2, 0.25) is 0 Å². The Kier molecular flexibility index (Phi) is 8.04. The van der Waals surface area contributed by atoms with Crippen molar-refractivity contribution < 1.29 is 36.6 Å². The number of nitrogens with two attached hydrogens (primary N) is 1. The van der Waals surface area contributed by atoms with Crippen LogP contribution in [-0.4, -0.2) is 50.8 Å². The molecule has 1 fully saturated rings. The van der Waals surface area contributed by atoms with E-state index in [1.54, 1.807) is 48.5 Å². The van der Waals surface area contributed by atoms with Crippen molar-refractivity contribution in [2.75, 3.05) is 10.6 Å². The highest BCUT2D eigenvalue weighted by Gasteiger charge is 2.44. The Bertz CT molecular complexity index is 1250. The lowest BCUT2D eigenvalue weighted by molar-refractivity contribution is -0.192. The lowest BCUT2D eigenvalue weighted by Crippen LogP contribution is -2.55. The van der Waals surface area contributed by atoms with Gasteiger partial charge in [0.25, 0.3) is 11.8 Å². The van der Waals surface area contributed by atoms with E-state index < -0.39 is 30.2 Å². The summed E-state index contributed by atoms with van der Waals surface area (Å²) < 4.78 is 61.0. The third-order valence-electron chi connectivity index (χ3n) is 5.38. The number of aliphatic carboxylic acids is 1. The number of amides is 1. The van der Waals surface area contributed by atoms with Gasteiger partial charge in [0.05, 0.1) is 22.3 Å². The van der Waals surface area contributed by atoms with Gasteiger partial charge >= 0.3 is 12.1 Å². The van der Waals surface area contributed by atoms with Crippen LogP contribution in [0.2, 0.25) is 5.02 Å². The van der Waals surface area contributed by atoms with Crippen LogP contribution in [0.4, 0.5) is 33.5 Å². The molecule has 1 aliphatic rings. The summed E-state index contributed by atoms with van der Waals surface area (Å²) in [5.74, 6) is -5.68. The number of benzene rings is 1. The minimum Gasteiger partial charge on any atom is -0.475 e. The monoisotopic (exact) mass is 533 g/mol. The maximum absolute atomic E-state index is 13.9. The molecular weight excluding hydrogens is 513 g/mol. The fourth-order valence-corrected chi connectivity index (χ4v) is 3.72. The van der Waals surface area contributed by atoms with E-state index in [-0.39, 0.29) is 12.3 Å². The normalized spacial score (nSPS) is 19.2. The molecule has 194 valence electrons. The van der Waals surface area contributed by atoms with Crippen LogP contribution in [0.5, 0.6) is 0 Å². The molecule has 0 unspecified atom stereocenters. The minimum atomic E-state index is -5.08. The second-order valence-electron chi connectivity index (χ2n) is 7.94. The maximum atomic E-state index is 13.9. The van der Waals surface area contributed by atoms with E-state index in [2.05, 4.69) is 15.7 Å². The second kappa shape index (κ2) is 10.7. The van der Waals surface area contributed by atoms with Crippen molar-refractivity contribution in [3.05, 3.63) is 59.2 Å². The number of alkyl halides is 5. The number of carboxylic acid groups (broad SMARTS) is 1. The Morgan fingerprint density at radius 2 is 1.78 bits per heavy atom. The zero-order valence-corrected chi connectivity index (χ0v) is 19.2. The topological polar surface area (TPSA) is 122 Å². The van der Waals surface area contributed by atoms with Gasteiger partial charge in [0.15, 0.2) is 0 Å². The summed E-state index contributed by atoms with van der Waals surface area (Å²) in [6, 6.07) is 11.8. The average molecular weight is 534 g/mol. The van der Waals surface area contributed by atoms with Crippen molar-refractivity contribution in [1.29, 1.82) is 0 Å². The molecule has 0 aliphatic heterocycles. The van der Waals surface area contributed by atoms with Gasteiger partial charge in [0, 0.05) is 12.5 Å². The molecule has 14 heteroatoms. The Labute approximate surface area is 206 Å². The van der Waals surface area contributed by atoms with Crippen molar-refractivity contribution in [2.24, 2.45) is 5.73 Å². The third kappa shape index (κ3) is 6.40. The second-order valence-corrected chi connectivity index (χ2v) is 8.35. The first-order valence-electron chi connectivity index (χ1n) is 10.5. The lowest BCUT2D eigenvalue weighted by Gasteiger charge is -2.36. The molecule has 1 amide bonds. The van der Waals surface area contributed by atoms with E-state index in [9.17, 15) is 26.7 Å². The molecule has 2 aromatic heterocycles. The number of hydrogen-bond donors (Lipinski definition) is 4. The molecule has 2 heterocycles. The summed E-state index contributed by atoms with van der Waals surface area (Å²) in [6.07, 6.45) is -4.37. The molecule has 1 aromatic carbocycles. The summed E-state index contributed by atoms with van der Waals surface area (Å²) in [4.78, 5) is 21.6. The van der Waals surface area contributed by atoms with Crippen molar-refractivity contribution in [1.82, 2.24) is 9.61 Å². The molecule has 3 aromatic rings. The average Bonchev–Trinajstić information content (AvgIpc) is 3.22. The molecule has 2 atom stereocenters. The summed E-state index contributed by atoms with van der Waals surface area (Å²) in [6.45, 7) is 0. The van der Waals surface area contributed by atoms with Crippen molar-refractivity contribution >= 4 is 40.5 Å². The number of aromatic nitrogens is 2. The van der Waals surface area contributed by atoms with Crippen LogP contribution < -0.4 is 16.4 Å². The first kappa shape index (κ1) is 27.1. The lowest BCUT2D eigenvalue weighted by atomic mass is 9.87. The van der Waals surface area contributed by atoms with Crippen LogP contribution in [0, 0.1) is 0 Å². The first-order chi connectivity index (χ1) is 16.8. The van der Waals surface area contributed by atoms with E-state index in [1.165, 1.54) is 4.52 Å². The molecule has 0 saturated heterocycles. The molecule has 1 aliphatic carbocycles. The fraction of sp³-hybridized carbons (Fsp3) is 0.318. The number of carboxylic acids is 1. The van der Waals surface area contributed by atoms with Gasteiger partial charge in [0.1, 0.15) is 11.5 Å². The zero-order valence-electron chi connectivity index (χ0n) is 18.4. The molecule has 1 saturated carbocycles. The highest BCUT2D eigenvalue weighted by atomic mass is 35.5. The van der Waals surface area contributed by atoms with Crippen LogP contribution in [0.15, 0.2) is 48.5 Å². The smallest absolute Gasteiger partial charge is 0.475 e.